The van der Waals surface area contributed by atoms with Crippen molar-refractivity contribution in [3.8, 4) is 0 Å². The lowest BCUT2D eigenvalue weighted by Crippen LogP contribution is -2.32. The summed E-state index contributed by atoms with van der Waals surface area (Å²) in [5, 5.41) is 2.91. The molecule has 1 heterocycles. The monoisotopic (exact) mass is 308 g/mol. The van der Waals surface area contributed by atoms with Gasteiger partial charge in [0.05, 0.1) is 0 Å². The Morgan fingerprint density at radius 1 is 1.04 bits per heavy atom. The minimum Gasteiger partial charge on any atom is -0.322 e. The molecule has 0 saturated carbocycles. The zero-order chi connectivity index (χ0) is 16.1. The molecule has 1 N–H and O–H groups in total. The molecule has 2 aromatic rings. The van der Waals surface area contributed by atoms with E-state index in [1.165, 1.54) is 31.5 Å². The maximum absolute atomic E-state index is 12.2. The number of para-hydroxylation sites is 1. The molecule has 3 heteroatoms. The smallest absolute Gasteiger partial charge is 0.255 e. The van der Waals surface area contributed by atoms with Gasteiger partial charge in [0.1, 0.15) is 0 Å². The normalized spacial score (nSPS) is 16.2. The predicted octanol–water partition coefficient (Wildman–Crippen LogP) is 4.17. The van der Waals surface area contributed by atoms with E-state index in [0.717, 1.165) is 18.2 Å². The lowest BCUT2D eigenvalue weighted by molar-refractivity contribution is 0.102. The Hall–Kier alpha value is -2.13. The van der Waals surface area contributed by atoms with Crippen LogP contribution in [0.4, 0.5) is 5.69 Å². The summed E-state index contributed by atoms with van der Waals surface area (Å²) in [6.07, 6.45) is 2.58. The summed E-state index contributed by atoms with van der Waals surface area (Å²) in [5.74, 6) is 0.796. The number of benzene rings is 2. The van der Waals surface area contributed by atoms with Gasteiger partial charge in [-0.2, -0.15) is 0 Å². The largest absolute Gasteiger partial charge is 0.322 e. The van der Waals surface area contributed by atoms with Gasteiger partial charge < -0.3 is 5.32 Å². The van der Waals surface area contributed by atoms with Crippen LogP contribution in [0, 0.1) is 5.92 Å². The van der Waals surface area contributed by atoms with Crippen LogP contribution >= 0.6 is 0 Å². The number of hydrogen-bond acceptors (Lipinski definition) is 2. The Labute approximate surface area is 138 Å². The number of anilines is 1. The molecule has 0 spiro atoms. The van der Waals surface area contributed by atoms with Crippen molar-refractivity contribution in [2.24, 2.45) is 5.92 Å². The van der Waals surface area contributed by atoms with Crippen LogP contribution in [0.5, 0.6) is 0 Å². The maximum Gasteiger partial charge on any atom is 0.255 e. The molecule has 1 aliphatic rings. The van der Waals surface area contributed by atoms with Crippen molar-refractivity contribution in [3.63, 3.8) is 0 Å². The fraction of sp³-hybridized carbons (Fsp3) is 0.350. The van der Waals surface area contributed by atoms with Gasteiger partial charge in [0.2, 0.25) is 0 Å². The van der Waals surface area contributed by atoms with Crippen molar-refractivity contribution in [2.45, 2.75) is 26.3 Å². The van der Waals surface area contributed by atoms with Crippen LogP contribution in [0.2, 0.25) is 0 Å². The molecule has 0 aliphatic carbocycles. The van der Waals surface area contributed by atoms with Crippen LogP contribution in [0.25, 0.3) is 0 Å². The summed E-state index contributed by atoms with van der Waals surface area (Å²) in [5.41, 5.74) is 2.80. The maximum atomic E-state index is 12.2. The van der Waals surface area contributed by atoms with E-state index in [2.05, 4.69) is 29.3 Å². The number of nitrogens with zero attached hydrogens (tertiary/aromatic N) is 1. The number of nitrogens with one attached hydrogen (secondary N) is 1. The number of carbonyl (C=O) groups is 1. The topological polar surface area (TPSA) is 32.3 Å². The fourth-order valence-corrected chi connectivity index (χ4v) is 2.96. The molecule has 0 bridgehead atoms. The summed E-state index contributed by atoms with van der Waals surface area (Å²) in [6, 6.07) is 17.5. The zero-order valence-electron chi connectivity index (χ0n) is 13.7. The molecular formula is C20H24N2O. The second kappa shape index (κ2) is 7.42. The third-order valence-electron chi connectivity index (χ3n) is 4.53. The summed E-state index contributed by atoms with van der Waals surface area (Å²) in [7, 11) is 0. The molecule has 0 aromatic heterocycles. The van der Waals surface area contributed by atoms with E-state index in [-0.39, 0.29) is 5.91 Å². The molecule has 1 saturated heterocycles. The van der Waals surface area contributed by atoms with E-state index in [0.29, 0.717) is 5.56 Å². The van der Waals surface area contributed by atoms with E-state index in [1.54, 1.807) is 0 Å². The first-order valence-corrected chi connectivity index (χ1v) is 8.38. The number of amides is 1. The number of carbonyl (C=O) groups excluding carboxylic acids is 1. The molecule has 3 rings (SSSR count). The summed E-state index contributed by atoms with van der Waals surface area (Å²) in [6.45, 7) is 5.67. The van der Waals surface area contributed by atoms with Gasteiger partial charge in [-0.15, -0.1) is 0 Å². The highest BCUT2D eigenvalue weighted by Gasteiger charge is 2.15. The van der Waals surface area contributed by atoms with Gasteiger partial charge in [-0.1, -0.05) is 37.3 Å². The third kappa shape index (κ3) is 4.42. The van der Waals surface area contributed by atoms with Gasteiger partial charge >= 0.3 is 0 Å². The minimum absolute atomic E-state index is 0.0606. The third-order valence-corrected chi connectivity index (χ3v) is 4.53. The number of rotatable bonds is 4. The highest BCUT2D eigenvalue weighted by Crippen LogP contribution is 2.18. The van der Waals surface area contributed by atoms with Gasteiger partial charge in [0, 0.05) is 17.8 Å². The minimum atomic E-state index is -0.0606. The lowest BCUT2D eigenvalue weighted by Gasteiger charge is -2.30. The average molecular weight is 308 g/mol. The van der Waals surface area contributed by atoms with E-state index in [4.69, 9.17) is 0 Å². The van der Waals surface area contributed by atoms with Crippen LogP contribution in [0.3, 0.4) is 0 Å². The highest BCUT2D eigenvalue weighted by atomic mass is 16.1. The SMILES string of the molecule is CC1CCN(Cc2ccc(C(=O)Nc3ccccc3)cc2)CC1. The van der Waals surface area contributed by atoms with E-state index >= 15 is 0 Å². The summed E-state index contributed by atoms with van der Waals surface area (Å²) < 4.78 is 0. The van der Waals surface area contributed by atoms with Gasteiger partial charge in [0.25, 0.3) is 5.91 Å². The first kappa shape index (κ1) is 15.8. The summed E-state index contributed by atoms with van der Waals surface area (Å²) in [4.78, 5) is 14.7. The Kier molecular flexibility index (Phi) is 5.09. The Bertz CT molecular complexity index is 628. The Morgan fingerprint density at radius 3 is 2.35 bits per heavy atom. The van der Waals surface area contributed by atoms with Crippen LogP contribution in [0.15, 0.2) is 54.6 Å². The van der Waals surface area contributed by atoms with Crippen molar-refractivity contribution in [2.75, 3.05) is 18.4 Å². The van der Waals surface area contributed by atoms with E-state index in [1.807, 2.05) is 42.5 Å². The molecule has 1 fully saturated rings. The molecule has 0 atom stereocenters. The molecule has 0 radical (unpaired) electrons. The molecule has 1 aliphatic heterocycles. The van der Waals surface area contributed by atoms with Crippen LogP contribution in [-0.2, 0) is 6.54 Å². The summed E-state index contributed by atoms with van der Waals surface area (Å²) >= 11 is 0. The molecule has 23 heavy (non-hydrogen) atoms. The predicted molar refractivity (Wildman–Crippen MR) is 94.5 cm³/mol. The van der Waals surface area contributed by atoms with Crippen molar-refractivity contribution < 1.29 is 4.79 Å². The second-order valence-corrected chi connectivity index (χ2v) is 6.48. The first-order valence-electron chi connectivity index (χ1n) is 8.38. The van der Waals surface area contributed by atoms with Crippen molar-refractivity contribution in [1.82, 2.24) is 4.90 Å². The van der Waals surface area contributed by atoms with Gasteiger partial charge in [-0.05, 0) is 61.7 Å². The number of likely N-dealkylation sites (tertiary alicyclic amines) is 1. The van der Waals surface area contributed by atoms with Gasteiger partial charge in [-0.25, -0.2) is 0 Å². The van der Waals surface area contributed by atoms with Crippen molar-refractivity contribution in [1.29, 1.82) is 0 Å². The van der Waals surface area contributed by atoms with E-state index in [9.17, 15) is 4.79 Å². The van der Waals surface area contributed by atoms with Gasteiger partial charge in [0.15, 0.2) is 0 Å². The molecule has 2 aromatic carbocycles. The average Bonchev–Trinajstić information content (AvgIpc) is 2.58. The zero-order valence-corrected chi connectivity index (χ0v) is 13.7. The van der Waals surface area contributed by atoms with Crippen molar-refractivity contribution >= 4 is 11.6 Å². The van der Waals surface area contributed by atoms with Crippen LogP contribution in [0.1, 0.15) is 35.7 Å². The molecule has 120 valence electrons. The standard InChI is InChI=1S/C20H24N2O/c1-16-11-13-22(14-12-16)15-17-7-9-18(10-8-17)20(23)21-19-5-3-2-4-6-19/h2-10,16H,11-15H2,1H3,(H,21,23). The lowest BCUT2D eigenvalue weighted by atomic mass is 9.99. The van der Waals surface area contributed by atoms with Crippen molar-refractivity contribution in [3.05, 3.63) is 65.7 Å². The Balaban J connectivity index is 1.57. The second-order valence-electron chi connectivity index (χ2n) is 6.48. The molecule has 0 unspecified atom stereocenters. The Morgan fingerprint density at radius 2 is 1.70 bits per heavy atom. The molecule has 3 nitrogen and oxygen atoms in total. The fourth-order valence-electron chi connectivity index (χ4n) is 2.96. The molecular weight excluding hydrogens is 284 g/mol. The number of hydrogen-bond donors (Lipinski definition) is 1. The van der Waals surface area contributed by atoms with Gasteiger partial charge in [-0.3, -0.25) is 9.69 Å². The highest BCUT2D eigenvalue weighted by molar-refractivity contribution is 6.04. The first-order chi connectivity index (χ1) is 11.2. The quantitative estimate of drug-likeness (QED) is 0.919. The molecule has 1 amide bonds. The number of piperidine rings is 1. The van der Waals surface area contributed by atoms with E-state index < -0.39 is 0 Å². The van der Waals surface area contributed by atoms with Crippen LogP contribution in [-0.4, -0.2) is 23.9 Å². The van der Waals surface area contributed by atoms with Crippen LogP contribution < -0.4 is 5.32 Å².